The van der Waals surface area contributed by atoms with E-state index in [-0.39, 0.29) is 11.7 Å². The van der Waals surface area contributed by atoms with Crippen molar-refractivity contribution < 1.29 is 19.1 Å². The SMILES string of the molecule is COc1cc(C(C)=O)ccc1OCCCC(=O)Nc1ccc(Cn2ccnc2C)cc1. The van der Waals surface area contributed by atoms with Gasteiger partial charge in [-0.1, -0.05) is 12.1 Å². The molecule has 2 aromatic carbocycles. The lowest BCUT2D eigenvalue weighted by molar-refractivity contribution is -0.116. The Morgan fingerprint density at radius 3 is 2.52 bits per heavy atom. The minimum Gasteiger partial charge on any atom is -0.493 e. The Morgan fingerprint density at radius 2 is 1.87 bits per heavy atom. The second-order valence-electron chi connectivity index (χ2n) is 7.22. The highest BCUT2D eigenvalue weighted by Gasteiger charge is 2.09. The fourth-order valence-electron chi connectivity index (χ4n) is 3.11. The van der Waals surface area contributed by atoms with Crippen LogP contribution in [0.3, 0.4) is 0 Å². The normalized spacial score (nSPS) is 10.5. The van der Waals surface area contributed by atoms with E-state index in [1.807, 2.05) is 37.4 Å². The maximum atomic E-state index is 12.2. The molecule has 0 bridgehead atoms. The van der Waals surface area contributed by atoms with Crippen LogP contribution in [-0.4, -0.2) is 35.0 Å². The number of aromatic nitrogens is 2. The molecule has 31 heavy (non-hydrogen) atoms. The molecular weight excluding hydrogens is 394 g/mol. The van der Waals surface area contributed by atoms with Crippen molar-refractivity contribution in [1.82, 2.24) is 9.55 Å². The molecule has 3 aromatic rings. The fourth-order valence-corrected chi connectivity index (χ4v) is 3.11. The third-order valence-corrected chi connectivity index (χ3v) is 4.89. The van der Waals surface area contributed by atoms with Crippen LogP contribution in [0.2, 0.25) is 0 Å². The van der Waals surface area contributed by atoms with Crippen molar-refractivity contribution >= 4 is 17.4 Å². The molecule has 3 rings (SSSR count). The lowest BCUT2D eigenvalue weighted by Crippen LogP contribution is -2.13. The fraction of sp³-hybridized carbons (Fsp3) is 0.292. The number of benzene rings is 2. The number of nitrogens with zero attached hydrogens (tertiary/aromatic N) is 2. The van der Waals surface area contributed by atoms with Gasteiger partial charge in [0, 0.05) is 36.6 Å². The molecule has 1 heterocycles. The number of hydrogen-bond acceptors (Lipinski definition) is 5. The van der Waals surface area contributed by atoms with E-state index in [9.17, 15) is 9.59 Å². The van der Waals surface area contributed by atoms with Gasteiger partial charge in [0.1, 0.15) is 5.82 Å². The van der Waals surface area contributed by atoms with Gasteiger partial charge in [-0.15, -0.1) is 0 Å². The lowest BCUT2D eigenvalue weighted by atomic mass is 10.1. The molecule has 0 atom stereocenters. The van der Waals surface area contributed by atoms with Gasteiger partial charge in [0.25, 0.3) is 0 Å². The van der Waals surface area contributed by atoms with Gasteiger partial charge < -0.3 is 19.4 Å². The van der Waals surface area contributed by atoms with Crippen molar-refractivity contribution in [3.8, 4) is 11.5 Å². The van der Waals surface area contributed by atoms with E-state index in [1.165, 1.54) is 14.0 Å². The van der Waals surface area contributed by atoms with Crippen LogP contribution in [0.5, 0.6) is 11.5 Å². The van der Waals surface area contributed by atoms with E-state index >= 15 is 0 Å². The summed E-state index contributed by atoms with van der Waals surface area (Å²) in [6, 6.07) is 12.9. The van der Waals surface area contributed by atoms with E-state index in [1.54, 1.807) is 24.4 Å². The average molecular weight is 421 g/mol. The Labute approximate surface area is 182 Å². The van der Waals surface area contributed by atoms with Crippen LogP contribution < -0.4 is 14.8 Å². The smallest absolute Gasteiger partial charge is 0.224 e. The minimum absolute atomic E-state index is 0.0357. The average Bonchev–Trinajstić information content (AvgIpc) is 3.16. The first-order chi connectivity index (χ1) is 15.0. The van der Waals surface area contributed by atoms with Gasteiger partial charge in [0.2, 0.25) is 5.91 Å². The molecule has 0 saturated carbocycles. The molecule has 162 valence electrons. The van der Waals surface area contributed by atoms with Crippen molar-refractivity contribution in [2.75, 3.05) is 19.0 Å². The molecule has 0 aliphatic carbocycles. The Hall–Kier alpha value is -3.61. The predicted molar refractivity (Wildman–Crippen MR) is 119 cm³/mol. The zero-order valence-corrected chi connectivity index (χ0v) is 18.1. The van der Waals surface area contributed by atoms with Crippen LogP contribution >= 0.6 is 0 Å². The number of ether oxygens (including phenoxy) is 2. The molecule has 7 nitrogen and oxygen atoms in total. The lowest BCUT2D eigenvalue weighted by Gasteiger charge is -2.12. The van der Waals surface area contributed by atoms with Gasteiger partial charge in [-0.05, 0) is 56.2 Å². The third-order valence-electron chi connectivity index (χ3n) is 4.89. The third kappa shape index (κ3) is 6.18. The quantitative estimate of drug-likeness (QED) is 0.391. The first-order valence-corrected chi connectivity index (χ1v) is 10.1. The molecule has 1 amide bonds. The highest BCUT2D eigenvalue weighted by molar-refractivity contribution is 5.94. The van der Waals surface area contributed by atoms with Crippen LogP contribution in [0, 0.1) is 6.92 Å². The summed E-state index contributed by atoms with van der Waals surface area (Å²) in [5.74, 6) is 1.92. The Morgan fingerprint density at radius 1 is 1.10 bits per heavy atom. The van der Waals surface area contributed by atoms with E-state index in [4.69, 9.17) is 9.47 Å². The maximum absolute atomic E-state index is 12.2. The monoisotopic (exact) mass is 421 g/mol. The van der Waals surface area contributed by atoms with Gasteiger partial charge in [0.15, 0.2) is 17.3 Å². The molecule has 0 radical (unpaired) electrons. The van der Waals surface area contributed by atoms with E-state index in [2.05, 4.69) is 14.9 Å². The van der Waals surface area contributed by atoms with Crippen molar-refractivity contribution in [1.29, 1.82) is 0 Å². The van der Waals surface area contributed by atoms with E-state index < -0.39 is 0 Å². The van der Waals surface area contributed by atoms with Crippen molar-refractivity contribution in [2.24, 2.45) is 0 Å². The molecule has 0 aliphatic rings. The Kier molecular flexibility index (Phi) is 7.43. The second-order valence-corrected chi connectivity index (χ2v) is 7.22. The molecule has 0 aliphatic heterocycles. The van der Waals surface area contributed by atoms with Crippen molar-refractivity contribution in [3.63, 3.8) is 0 Å². The highest BCUT2D eigenvalue weighted by atomic mass is 16.5. The number of hydrogen-bond donors (Lipinski definition) is 1. The van der Waals surface area contributed by atoms with E-state index in [0.717, 1.165) is 23.6 Å². The number of rotatable bonds is 10. The molecule has 1 aromatic heterocycles. The molecule has 7 heteroatoms. The molecule has 0 spiro atoms. The summed E-state index contributed by atoms with van der Waals surface area (Å²) >= 11 is 0. The highest BCUT2D eigenvalue weighted by Crippen LogP contribution is 2.28. The minimum atomic E-state index is -0.0688. The standard InChI is InChI=1S/C24H27N3O4/c1-17(28)20-8-11-22(23(15-20)30-3)31-14-4-5-24(29)26-21-9-6-19(7-10-21)16-27-13-12-25-18(27)2/h6-13,15H,4-5,14,16H2,1-3H3,(H,26,29). The number of aryl methyl sites for hydroxylation is 1. The summed E-state index contributed by atoms with van der Waals surface area (Å²) in [6.07, 6.45) is 4.62. The summed E-state index contributed by atoms with van der Waals surface area (Å²) in [4.78, 5) is 27.9. The topological polar surface area (TPSA) is 82.5 Å². The maximum Gasteiger partial charge on any atom is 0.224 e. The number of imidazole rings is 1. The van der Waals surface area contributed by atoms with Crippen LogP contribution in [0.25, 0.3) is 0 Å². The number of carbonyl (C=O) groups is 2. The zero-order valence-electron chi connectivity index (χ0n) is 18.1. The summed E-state index contributed by atoms with van der Waals surface area (Å²) in [5, 5.41) is 2.90. The van der Waals surface area contributed by atoms with Crippen LogP contribution in [-0.2, 0) is 11.3 Å². The summed E-state index contributed by atoms with van der Waals surface area (Å²) in [7, 11) is 1.53. The van der Waals surface area contributed by atoms with Gasteiger partial charge in [-0.3, -0.25) is 9.59 Å². The number of methoxy groups -OCH3 is 1. The van der Waals surface area contributed by atoms with Crippen LogP contribution in [0.15, 0.2) is 54.9 Å². The first-order valence-electron chi connectivity index (χ1n) is 10.1. The van der Waals surface area contributed by atoms with Crippen molar-refractivity contribution in [3.05, 3.63) is 71.8 Å². The van der Waals surface area contributed by atoms with Gasteiger partial charge >= 0.3 is 0 Å². The number of nitrogens with one attached hydrogen (secondary N) is 1. The summed E-state index contributed by atoms with van der Waals surface area (Å²) in [5.41, 5.74) is 2.46. The number of Topliss-reactive ketones (excluding diaryl/α,β-unsaturated/α-hetero) is 1. The Bertz CT molecular complexity index is 1040. The van der Waals surface area contributed by atoms with Gasteiger partial charge in [-0.2, -0.15) is 0 Å². The van der Waals surface area contributed by atoms with E-state index in [0.29, 0.717) is 36.5 Å². The number of anilines is 1. The zero-order chi connectivity index (χ0) is 22.2. The molecule has 0 saturated heterocycles. The summed E-state index contributed by atoms with van der Waals surface area (Å²) < 4.78 is 13.1. The predicted octanol–water partition coefficient (Wildman–Crippen LogP) is 4.25. The molecule has 0 fully saturated rings. The number of carbonyl (C=O) groups excluding carboxylic acids is 2. The van der Waals surface area contributed by atoms with Crippen LogP contribution in [0.4, 0.5) is 5.69 Å². The largest absolute Gasteiger partial charge is 0.493 e. The number of ketones is 1. The van der Waals surface area contributed by atoms with Crippen molar-refractivity contribution in [2.45, 2.75) is 33.2 Å². The Balaban J connectivity index is 1.43. The van der Waals surface area contributed by atoms with Gasteiger partial charge in [-0.25, -0.2) is 4.98 Å². The molecular formula is C24H27N3O4. The van der Waals surface area contributed by atoms with Gasteiger partial charge in [0.05, 0.1) is 13.7 Å². The molecule has 1 N–H and O–H groups in total. The second kappa shape index (κ2) is 10.4. The van der Waals surface area contributed by atoms with Crippen LogP contribution in [0.1, 0.15) is 41.5 Å². The number of amides is 1. The molecule has 0 unspecified atom stereocenters. The first kappa shape index (κ1) is 22.1. The summed E-state index contributed by atoms with van der Waals surface area (Å²) in [6.45, 7) is 4.58.